The maximum Gasteiger partial charge on any atom is 0.233 e. The molecule has 1 aromatic heterocycles. The molecule has 1 aromatic carbocycles. The van der Waals surface area contributed by atoms with Gasteiger partial charge < -0.3 is 15.4 Å². The van der Waals surface area contributed by atoms with Gasteiger partial charge in [0, 0.05) is 24.5 Å². The molecule has 0 saturated carbocycles. The summed E-state index contributed by atoms with van der Waals surface area (Å²) < 4.78 is 5.46. The first-order chi connectivity index (χ1) is 10.3. The first-order valence-electron chi connectivity index (χ1n) is 7.25. The topological polar surface area (TPSA) is 64.3 Å². The second-order valence-corrected chi connectivity index (χ2v) is 4.71. The van der Waals surface area contributed by atoms with Crippen molar-refractivity contribution >= 4 is 11.6 Å². The van der Waals surface area contributed by atoms with Crippen LogP contribution in [0.4, 0.5) is 11.6 Å². The van der Waals surface area contributed by atoms with Crippen LogP contribution < -0.4 is 15.4 Å². The lowest BCUT2D eigenvalue weighted by atomic mass is 10.2. The number of aromatic nitrogens is 2. The third kappa shape index (κ3) is 3.92. The summed E-state index contributed by atoms with van der Waals surface area (Å²) in [6.07, 6.45) is 2.59. The molecule has 5 heteroatoms. The van der Waals surface area contributed by atoms with Crippen molar-refractivity contribution < 1.29 is 4.74 Å². The monoisotopic (exact) mass is 286 g/mol. The van der Waals surface area contributed by atoms with E-state index in [1.165, 1.54) is 5.56 Å². The van der Waals surface area contributed by atoms with Gasteiger partial charge in [-0.05, 0) is 38.4 Å². The fourth-order valence-corrected chi connectivity index (χ4v) is 2.13. The molecule has 2 N–H and O–H groups in total. The Hall–Kier alpha value is -2.14. The number of anilines is 2. The molecule has 0 spiro atoms. The van der Waals surface area contributed by atoms with Crippen LogP contribution in [-0.4, -0.2) is 29.7 Å². The van der Waals surface area contributed by atoms with E-state index in [-0.39, 0.29) is 0 Å². The highest BCUT2D eigenvalue weighted by Gasteiger charge is 2.14. The Morgan fingerprint density at radius 2 is 2.05 bits per heavy atom. The molecule has 0 radical (unpaired) electrons. The van der Waals surface area contributed by atoms with Crippen molar-refractivity contribution in [1.82, 2.24) is 9.97 Å². The van der Waals surface area contributed by atoms with Gasteiger partial charge in [0.05, 0.1) is 6.61 Å². The number of rotatable bonds is 7. The molecule has 0 aliphatic rings. The Labute approximate surface area is 125 Å². The molecule has 0 amide bonds. The third-order valence-electron chi connectivity index (χ3n) is 3.14. The van der Waals surface area contributed by atoms with E-state index in [0.29, 0.717) is 25.0 Å². The van der Waals surface area contributed by atoms with Gasteiger partial charge in [0.2, 0.25) is 11.8 Å². The normalized spacial score (nSPS) is 10.4. The van der Waals surface area contributed by atoms with Gasteiger partial charge >= 0.3 is 0 Å². The van der Waals surface area contributed by atoms with Crippen molar-refractivity contribution in [3.63, 3.8) is 0 Å². The zero-order valence-electron chi connectivity index (χ0n) is 12.6. The quantitative estimate of drug-likeness (QED) is 0.847. The van der Waals surface area contributed by atoms with Gasteiger partial charge in [0.1, 0.15) is 0 Å². The summed E-state index contributed by atoms with van der Waals surface area (Å²) in [5.74, 6) is 1.23. The molecule has 21 heavy (non-hydrogen) atoms. The Balaban J connectivity index is 2.36. The summed E-state index contributed by atoms with van der Waals surface area (Å²) in [5.41, 5.74) is 7.93. The Morgan fingerprint density at radius 1 is 1.24 bits per heavy atom. The third-order valence-corrected chi connectivity index (χ3v) is 3.14. The molecule has 112 valence electrons. The van der Waals surface area contributed by atoms with Gasteiger partial charge in [-0.25, -0.2) is 4.98 Å². The van der Waals surface area contributed by atoms with Crippen LogP contribution in [0.25, 0.3) is 0 Å². The molecule has 0 bridgehead atoms. The van der Waals surface area contributed by atoms with Gasteiger partial charge in [-0.1, -0.05) is 18.2 Å². The molecular formula is C16H22N4O. The smallest absolute Gasteiger partial charge is 0.233 e. The van der Waals surface area contributed by atoms with Gasteiger partial charge in [-0.2, -0.15) is 4.98 Å². The summed E-state index contributed by atoms with van der Waals surface area (Å²) in [4.78, 5) is 11.0. The number of para-hydroxylation sites is 1. The average molecular weight is 286 g/mol. The van der Waals surface area contributed by atoms with E-state index in [9.17, 15) is 0 Å². The number of benzene rings is 1. The van der Waals surface area contributed by atoms with Gasteiger partial charge in [0.25, 0.3) is 0 Å². The standard InChI is InChI=1S/C16H22N4O/c1-3-21-15-9-11-18-16(19-15)20(12-6-10-17)14-8-5-4-7-13(14)2/h4-5,7-9,11H,3,6,10,12,17H2,1-2H3. The number of aryl methyl sites for hydroxylation is 1. The fourth-order valence-electron chi connectivity index (χ4n) is 2.13. The van der Waals surface area contributed by atoms with Crippen LogP contribution in [0.3, 0.4) is 0 Å². The zero-order valence-corrected chi connectivity index (χ0v) is 12.6. The van der Waals surface area contributed by atoms with Crippen LogP contribution >= 0.6 is 0 Å². The van der Waals surface area contributed by atoms with Crippen molar-refractivity contribution in [2.45, 2.75) is 20.3 Å². The average Bonchev–Trinajstić information content (AvgIpc) is 2.50. The maximum atomic E-state index is 5.66. The molecule has 0 unspecified atom stereocenters. The van der Waals surface area contributed by atoms with Gasteiger partial charge in [-0.3, -0.25) is 0 Å². The summed E-state index contributed by atoms with van der Waals surface area (Å²) in [6, 6.07) is 9.97. The molecule has 2 rings (SSSR count). The van der Waals surface area contributed by atoms with Crippen molar-refractivity contribution in [3.05, 3.63) is 42.1 Å². The zero-order chi connectivity index (χ0) is 15.1. The van der Waals surface area contributed by atoms with E-state index in [2.05, 4.69) is 33.9 Å². The van der Waals surface area contributed by atoms with E-state index in [0.717, 1.165) is 18.7 Å². The Bertz CT molecular complexity index is 574. The summed E-state index contributed by atoms with van der Waals surface area (Å²) in [7, 11) is 0. The van der Waals surface area contributed by atoms with E-state index < -0.39 is 0 Å². The first-order valence-corrected chi connectivity index (χ1v) is 7.25. The molecule has 0 atom stereocenters. The fraction of sp³-hybridized carbons (Fsp3) is 0.375. The number of nitrogens with zero attached hydrogens (tertiary/aromatic N) is 3. The molecule has 0 saturated heterocycles. The molecule has 1 heterocycles. The SMILES string of the molecule is CCOc1ccnc(N(CCCN)c2ccccc2C)n1. The predicted octanol–water partition coefficient (Wildman–Crippen LogP) is 2.67. The van der Waals surface area contributed by atoms with Gasteiger partial charge in [-0.15, -0.1) is 0 Å². The van der Waals surface area contributed by atoms with Crippen LogP contribution in [0, 0.1) is 6.92 Å². The Kier molecular flexibility index (Phi) is 5.51. The van der Waals surface area contributed by atoms with Crippen LogP contribution in [0.5, 0.6) is 5.88 Å². The van der Waals surface area contributed by atoms with Crippen LogP contribution in [0.15, 0.2) is 36.5 Å². The predicted molar refractivity (Wildman–Crippen MR) is 85.1 cm³/mol. The van der Waals surface area contributed by atoms with Crippen LogP contribution in [-0.2, 0) is 0 Å². The summed E-state index contributed by atoms with van der Waals surface area (Å²) in [6.45, 7) is 6.01. The molecule has 0 aliphatic carbocycles. The highest BCUT2D eigenvalue weighted by atomic mass is 16.5. The minimum atomic E-state index is 0.587. The lowest BCUT2D eigenvalue weighted by Crippen LogP contribution is -2.23. The lowest BCUT2D eigenvalue weighted by Gasteiger charge is -2.24. The van der Waals surface area contributed by atoms with Crippen LogP contribution in [0.1, 0.15) is 18.9 Å². The highest BCUT2D eigenvalue weighted by molar-refractivity contribution is 5.61. The van der Waals surface area contributed by atoms with E-state index in [1.54, 1.807) is 12.3 Å². The van der Waals surface area contributed by atoms with Crippen molar-refractivity contribution in [3.8, 4) is 5.88 Å². The maximum absolute atomic E-state index is 5.66. The molecular weight excluding hydrogens is 264 g/mol. The van der Waals surface area contributed by atoms with Crippen LogP contribution in [0.2, 0.25) is 0 Å². The number of hydrogen-bond donors (Lipinski definition) is 1. The molecule has 5 nitrogen and oxygen atoms in total. The molecule has 2 aromatic rings. The van der Waals surface area contributed by atoms with Crippen molar-refractivity contribution in [1.29, 1.82) is 0 Å². The number of nitrogens with two attached hydrogens (primary N) is 1. The number of ether oxygens (including phenoxy) is 1. The molecule has 0 aliphatic heterocycles. The molecule has 0 fully saturated rings. The number of hydrogen-bond acceptors (Lipinski definition) is 5. The van der Waals surface area contributed by atoms with E-state index in [1.807, 2.05) is 19.1 Å². The lowest BCUT2D eigenvalue weighted by molar-refractivity contribution is 0.326. The van der Waals surface area contributed by atoms with Crippen molar-refractivity contribution in [2.24, 2.45) is 5.73 Å². The van der Waals surface area contributed by atoms with E-state index >= 15 is 0 Å². The largest absolute Gasteiger partial charge is 0.478 e. The highest BCUT2D eigenvalue weighted by Crippen LogP contribution is 2.26. The summed E-state index contributed by atoms with van der Waals surface area (Å²) >= 11 is 0. The summed E-state index contributed by atoms with van der Waals surface area (Å²) in [5, 5.41) is 0. The van der Waals surface area contributed by atoms with Gasteiger partial charge in [0.15, 0.2) is 0 Å². The second-order valence-electron chi connectivity index (χ2n) is 4.71. The second kappa shape index (κ2) is 7.59. The minimum absolute atomic E-state index is 0.587. The minimum Gasteiger partial charge on any atom is -0.478 e. The first kappa shape index (κ1) is 15.3. The van der Waals surface area contributed by atoms with Crippen molar-refractivity contribution in [2.75, 3.05) is 24.6 Å². The van der Waals surface area contributed by atoms with E-state index in [4.69, 9.17) is 10.5 Å². The Morgan fingerprint density at radius 3 is 2.76 bits per heavy atom.